The fraction of sp³-hybridized carbons (Fsp3) is 0.636. The van der Waals surface area contributed by atoms with Crippen LogP contribution in [0, 0.1) is 5.92 Å². The Bertz CT molecular complexity index is 339. The molecule has 0 unspecified atom stereocenters. The average molecular weight is 209 g/mol. The first-order chi connectivity index (χ1) is 7.27. The van der Waals surface area contributed by atoms with Gasteiger partial charge in [0, 0.05) is 6.42 Å². The van der Waals surface area contributed by atoms with Gasteiger partial charge in [-0.25, -0.2) is 9.78 Å². The molecule has 2 rings (SSSR count). The molecule has 0 aliphatic heterocycles. The number of carbonyl (C=O) groups is 1. The van der Waals surface area contributed by atoms with E-state index in [0.29, 0.717) is 12.2 Å². The maximum Gasteiger partial charge on any atom is 0.358 e. The molecule has 0 atom stereocenters. The van der Waals surface area contributed by atoms with Gasteiger partial charge in [0.25, 0.3) is 0 Å². The lowest BCUT2D eigenvalue weighted by molar-refractivity contribution is 0.0688. The van der Waals surface area contributed by atoms with Gasteiger partial charge in [0.05, 0.1) is 0 Å². The molecule has 0 aromatic carbocycles. The van der Waals surface area contributed by atoms with E-state index in [4.69, 9.17) is 9.52 Å². The van der Waals surface area contributed by atoms with E-state index in [1.807, 2.05) is 0 Å². The van der Waals surface area contributed by atoms with Crippen LogP contribution in [0.3, 0.4) is 0 Å². The van der Waals surface area contributed by atoms with Crippen molar-refractivity contribution < 1.29 is 14.3 Å². The predicted molar refractivity (Wildman–Crippen MR) is 53.7 cm³/mol. The molecule has 1 heterocycles. The van der Waals surface area contributed by atoms with Crippen molar-refractivity contribution in [2.45, 2.75) is 38.5 Å². The van der Waals surface area contributed by atoms with Gasteiger partial charge in [-0.05, 0) is 12.3 Å². The van der Waals surface area contributed by atoms with Crippen LogP contribution in [0.2, 0.25) is 0 Å². The summed E-state index contributed by atoms with van der Waals surface area (Å²) < 4.78 is 5.09. The Balaban J connectivity index is 1.92. The van der Waals surface area contributed by atoms with Gasteiger partial charge in [-0.1, -0.05) is 25.7 Å². The van der Waals surface area contributed by atoms with Crippen molar-refractivity contribution in [2.24, 2.45) is 5.92 Å². The SMILES string of the molecule is O=C(O)c1ncoc1CCC1CCCC1. The molecule has 1 aromatic heterocycles. The minimum Gasteiger partial charge on any atom is -0.476 e. The first-order valence-corrected chi connectivity index (χ1v) is 5.43. The summed E-state index contributed by atoms with van der Waals surface area (Å²) in [5.41, 5.74) is 0.0768. The van der Waals surface area contributed by atoms with Gasteiger partial charge in [-0.15, -0.1) is 0 Å². The quantitative estimate of drug-likeness (QED) is 0.827. The van der Waals surface area contributed by atoms with Crippen molar-refractivity contribution >= 4 is 5.97 Å². The van der Waals surface area contributed by atoms with Crippen LogP contribution in [0.1, 0.15) is 48.4 Å². The van der Waals surface area contributed by atoms with Crippen molar-refractivity contribution in [2.75, 3.05) is 0 Å². The van der Waals surface area contributed by atoms with Crippen molar-refractivity contribution in [3.63, 3.8) is 0 Å². The van der Waals surface area contributed by atoms with E-state index >= 15 is 0 Å². The van der Waals surface area contributed by atoms with E-state index in [9.17, 15) is 4.79 Å². The molecule has 4 heteroatoms. The van der Waals surface area contributed by atoms with Crippen LogP contribution in [0.4, 0.5) is 0 Å². The lowest BCUT2D eigenvalue weighted by Crippen LogP contribution is -2.03. The number of hydrogen-bond donors (Lipinski definition) is 1. The number of aryl methyl sites for hydroxylation is 1. The third-order valence-electron chi connectivity index (χ3n) is 3.10. The molecule has 0 radical (unpaired) electrons. The van der Waals surface area contributed by atoms with Crippen molar-refractivity contribution in [1.82, 2.24) is 4.98 Å². The molecule has 0 spiro atoms. The lowest BCUT2D eigenvalue weighted by Gasteiger charge is -2.06. The smallest absolute Gasteiger partial charge is 0.358 e. The second kappa shape index (κ2) is 4.47. The molecule has 15 heavy (non-hydrogen) atoms. The van der Waals surface area contributed by atoms with Crippen molar-refractivity contribution in [3.8, 4) is 0 Å². The number of hydrogen-bond acceptors (Lipinski definition) is 3. The Labute approximate surface area is 88.3 Å². The second-order valence-corrected chi connectivity index (χ2v) is 4.12. The summed E-state index contributed by atoms with van der Waals surface area (Å²) in [5.74, 6) is 0.274. The summed E-state index contributed by atoms with van der Waals surface area (Å²) in [5, 5.41) is 8.82. The van der Waals surface area contributed by atoms with Gasteiger partial charge < -0.3 is 9.52 Å². The third kappa shape index (κ3) is 2.37. The van der Waals surface area contributed by atoms with Gasteiger partial charge in [0.2, 0.25) is 0 Å². The molecular formula is C11H15NO3. The Hall–Kier alpha value is -1.32. The molecule has 4 nitrogen and oxygen atoms in total. The summed E-state index contributed by atoms with van der Waals surface area (Å²) in [6.07, 6.45) is 8.11. The minimum atomic E-state index is -0.995. The van der Waals surface area contributed by atoms with Crippen LogP contribution in [0.15, 0.2) is 10.8 Å². The van der Waals surface area contributed by atoms with Gasteiger partial charge in [-0.3, -0.25) is 0 Å². The van der Waals surface area contributed by atoms with E-state index in [0.717, 1.165) is 12.3 Å². The molecule has 0 saturated heterocycles. The molecule has 1 saturated carbocycles. The molecule has 1 aliphatic rings. The second-order valence-electron chi connectivity index (χ2n) is 4.12. The summed E-state index contributed by atoms with van der Waals surface area (Å²) in [7, 11) is 0. The first-order valence-electron chi connectivity index (χ1n) is 5.43. The minimum absolute atomic E-state index is 0.0768. The van der Waals surface area contributed by atoms with Crippen LogP contribution >= 0.6 is 0 Å². The monoisotopic (exact) mass is 209 g/mol. The van der Waals surface area contributed by atoms with E-state index in [-0.39, 0.29) is 5.69 Å². The highest BCUT2D eigenvalue weighted by Gasteiger charge is 2.19. The molecule has 1 N–H and O–H groups in total. The Morgan fingerprint density at radius 1 is 1.53 bits per heavy atom. The third-order valence-corrected chi connectivity index (χ3v) is 3.10. The van der Waals surface area contributed by atoms with Crippen LogP contribution < -0.4 is 0 Å². The van der Waals surface area contributed by atoms with E-state index in [2.05, 4.69) is 4.98 Å². The Morgan fingerprint density at radius 3 is 2.93 bits per heavy atom. The maximum atomic E-state index is 10.8. The van der Waals surface area contributed by atoms with Gasteiger partial charge in [-0.2, -0.15) is 0 Å². The van der Waals surface area contributed by atoms with Gasteiger partial charge in [0.1, 0.15) is 5.76 Å². The molecule has 82 valence electrons. The zero-order valence-electron chi connectivity index (χ0n) is 8.61. The highest BCUT2D eigenvalue weighted by atomic mass is 16.4. The number of nitrogens with zero attached hydrogens (tertiary/aromatic N) is 1. The van der Waals surface area contributed by atoms with E-state index < -0.39 is 5.97 Å². The normalized spacial score (nSPS) is 17.1. The standard InChI is InChI=1S/C11H15NO3/c13-11(14)10-9(15-7-12-10)6-5-8-3-1-2-4-8/h7-8H,1-6H2,(H,13,14). The molecule has 1 aromatic rings. The number of oxazole rings is 1. The predicted octanol–water partition coefficient (Wildman–Crippen LogP) is 2.50. The van der Waals surface area contributed by atoms with Crippen LogP contribution in [0.25, 0.3) is 0 Å². The van der Waals surface area contributed by atoms with Crippen LogP contribution in [-0.2, 0) is 6.42 Å². The molecule has 0 amide bonds. The van der Waals surface area contributed by atoms with Crippen LogP contribution in [0.5, 0.6) is 0 Å². The van der Waals surface area contributed by atoms with Gasteiger partial charge >= 0.3 is 5.97 Å². The highest BCUT2D eigenvalue weighted by molar-refractivity contribution is 5.86. The molecular weight excluding hydrogens is 194 g/mol. The summed E-state index contributed by atoms with van der Waals surface area (Å²) in [6.45, 7) is 0. The van der Waals surface area contributed by atoms with E-state index in [1.165, 1.54) is 32.1 Å². The Kier molecular flexibility index (Phi) is 3.04. The lowest BCUT2D eigenvalue weighted by atomic mass is 10.0. The fourth-order valence-corrected chi connectivity index (χ4v) is 2.26. The number of aromatic nitrogens is 1. The largest absolute Gasteiger partial charge is 0.476 e. The summed E-state index contributed by atoms with van der Waals surface area (Å²) in [6, 6.07) is 0. The zero-order valence-corrected chi connectivity index (χ0v) is 8.61. The Morgan fingerprint density at radius 2 is 2.27 bits per heavy atom. The number of aromatic carboxylic acids is 1. The van der Waals surface area contributed by atoms with Gasteiger partial charge in [0.15, 0.2) is 12.1 Å². The summed E-state index contributed by atoms with van der Waals surface area (Å²) >= 11 is 0. The molecule has 1 fully saturated rings. The fourth-order valence-electron chi connectivity index (χ4n) is 2.26. The van der Waals surface area contributed by atoms with Crippen molar-refractivity contribution in [3.05, 3.63) is 17.8 Å². The zero-order chi connectivity index (χ0) is 10.7. The van der Waals surface area contributed by atoms with Crippen LogP contribution in [-0.4, -0.2) is 16.1 Å². The van der Waals surface area contributed by atoms with E-state index in [1.54, 1.807) is 0 Å². The molecule has 1 aliphatic carbocycles. The number of rotatable bonds is 4. The van der Waals surface area contributed by atoms with Crippen molar-refractivity contribution in [1.29, 1.82) is 0 Å². The maximum absolute atomic E-state index is 10.8. The number of carboxylic acid groups (broad SMARTS) is 1. The average Bonchev–Trinajstić information content (AvgIpc) is 2.86. The first kappa shape index (κ1) is 10.2. The topological polar surface area (TPSA) is 63.3 Å². The molecule has 0 bridgehead atoms. The number of carboxylic acids is 1. The highest BCUT2D eigenvalue weighted by Crippen LogP contribution is 2.29. The summed E-state index contributed by atoms with van der Waals surface area (Å²) in [4.78, 5) is 14.5.